The summed E-state index contributed by atoms with van der Waals surface area (Å²) in [5, 5.41) is 0. The zero-order valence-corrected chi connectivity index (χ0v) is 18.7. The molecule has 0 saturated carbocycles. The van der Waals surface area contributed by atoms with Crippen molar-refractivity contribution in [3.63, 3.8) is 0 Å². The van der Waals surface area contributed by atoms with Crippen molar-refractivity contribution in [2.75, 3.05) is 26.2 Å². The summed E-state index contributed by atoms with van der Waals surface area (Å²) in [5.74, 6) is 0.214. The maximum atomic E-state index is 13.0. The standard InChI is InChI=1S/C28H30N2O2/c1-22-8-10-23(11-9-22)12-17-27(31)29-18-5-19-30(21-20-29)28(32)26-15-13-25(14-16-26)24-6-3-2-4-7-24/h2-4,6-11,13-16H,5,12,17-21H2,1H3. The molecule has 0 aromatic heterocycles. The largest absolute Gasteiger partial charge is 0.341 e. The Labute approximate surface area is 190 Å². The van der Waals surface area contributed by atoms with Crippen LogP contribution in [0.3, 0.4) is 0 Å². The van der Waals surface area contributed by atoms with E-state index in [0.717, 1.165) is 24.0 Å². The fourth-order valence-electron chi connectivity index (χ4n) is 4.15. The highest BCUT2D eigenvalue weighted by Crippen LogP contribution is 2.20. The van der Waals surface area contributed by atoms with Crippen LogP contribution < -0.4 is 0 Å². The van der Waals surface area contributed by atoms with Crippen molar-refractivity contribution >= 4 is 11.8 Å². The summed E-state index contributed by atoms with van der Waals surface area (Å²) in [5.41, 5.74) is 5.36. The van der Waals surface area contributed by atoms with Gasteiger partial charge in [-0.3, -0.25) is 9.59 Å². The number of carbonyl (C=O) groups is 2. The molecule has 0 N–H and O–H groups in total. The van der Waals surface area contributed by atoms with Gasteiger partial charge in [-0.2, -0.15) is 0 Å². The lowest BCUT2D eigenvalue weighted by molar-refractivity contribution is -0.131. The Morgan fingerprint density at radius 2 is 1.34 bits per heavy atom. The third kappa shape index (κ3) is 5.44. The van der Waals surface area contributed by atoms with E-state index in [0.29, 0.717) is 38.2 Å². The predicted octanol–water partition coefficient (Wildman–Crippen LogP) is 4.97. The normalized spacial score (nSPS) is 14.2. The van der Waals surface area contributed by atoms with Gasteiger partial charge in [0.05, 0.1) is 0 Å². The number of aryl methyl sites for hydroxylation is 2. The number of carbonyl (C=O) groups excluding carboxylic acids is 2. The van der Waals surface area contributed by atoms with E-state index in [4.69, 9.17) is 0 Å². The first-order chi connectivity index (χ1) is 15.6. The van der Waals surface area contributed by atoms with Crippen molar-refractivity contribution in [2.24, 2.45) is 0 Å². The first-order valence-electron chi connectivity index (χ1n) is 11.4. The minimum absolute atomic E-state index is 0.0403. The maximum Gasteiger partial charge on any atom is 0.253 e. The van der Waals surface area contributed by atoms with Gasteiger partial charge in [-0.05, 0) is 48.6 Å². The lowest BCUT2D eigenvalue weighted by Crippen LogP contribution is -2.37. The Morgan fingerprint density at radius 1 is 0.719 bits per heavy atom. The zero-order chi connectivity index (χ0) is 22.3. The molecule has 3 aromatic rings. The molecule has 4 heteroatoms. The number of hydrogen-bond donors (Lipinski definition) is 0. The van der Waals surface area contributed by atoms with Crippen LogP contribution >= 0.6 is 0 Å². The van der Waals surface area contributed by atoms with Crippen molar-refractivity contribution in [3.8, 4) is 11.1 Å². The summed E-state index contributed by atoms with van der Waals surface area (Å²) < 4.78 is 0. The molecule has 32 heavy (non-hydrogen) atoms. The van der Waals surface area contributed by atoms with E-state index >= 15 is 0 Å². The lowest BCUT2D eigenvalue weighted by Gasteiger charge is -2.22. The molecule has 1 aliphatic heterocycles. The van der Waals surface area contributed by atoms with Gasteiger partial charge in [-0.1, -0.05) is 72.3 Å². The Bertz CT molecular complexity index is 1040. The van der Waals surface area contributed by atoms with Crippen LogP contribution in [0.4, 0.5) is 0 Å². The van der Waals surface area contributed by atoms with Gasteiger partial charge in [0.15, 0.2) is 0 Å². The van der Waals surface area contributed by atoms with Gasteiger partial charge < -0.3 is 9.80 Å². The summed E-state index contributed by atoms with van der Waals surface area (Å²) in [4.78, 5) is 29.6. The Kier molecular flexibility index (Phi) is 7.00. The Hall–Kier alpha value is -3.40. The Morgan fingerprint density at radius 3 is 2.06 bits per heavy atom. The molecule has 0 radical (unpaired) electrons. The van der Waals surface area contributed by atoms with E-state index in [1.165, 1.54) is 11.1 Å². The molecule has 4 nitrogen and oxygen atoms in total. The second kappa shape index (κ2) is 10.3. The number of hydrogen-bond acceptors (Lipinski definition) is 2. The van der Waals surface area contributed by atoms with Crippen molar-refractivity contribution in [2.45, 2.75) is 26.2 Å². The van der Waals surface area contributed by atoms with Crippen molar-refractivity contribution in [1.29, 1.82) is 0 Å². The summed E-state index contributed by atoms with van der Waals surface area (Å²) in [6, 6.07) is 26.3. The monoisotopic (exact) mass is 426 g/mol. The molecule has 1 saturated heterocycles. The average molecular weight is 427 g/mol. The zero-order valence-electron chi connectivity index (χ0n) is 18.7. The van der Waals surface area contributed by atoms with Crippen LogP contribution in [0.5, 0.6) is 0 Å². The molecule has 0 aliphatic carbocycles. The van der Waals surface area contributed by atoms with E-state index < -0.39 is 0 Å². The third-order valence-electron chi connectivity index (χ3n) is 6.12. The minimum atomic E-state index is 0.0403. The van der Waals surface area contributed by atoms with Crippen molar-refractivity contribution in [1.82, 2.24) is 9.80 Å². The molecule has 0 bridgehead atoms. The number of rotatable bonds is 5. The number of amides is 2. The van der Waals surface area contributed by atoms with Gasteiger partial charge in [0, 0.05) is 38.2 Å². The second-order valence-corrected chi connectivity index (χ2v) is 8.46. The van der Waals surface area contributed by atoms with Gasteiger partial charge in [-0.15, -0.1) is 0 Å². The van der Waals surface area contributed by atoms with Crippen molar-refractivity contribution in [3.05, 3.63) is 95.6 Å². The lowest BCUT2D eigenvalue weighted by atomic mass is 10.0. The highest BCUT2D eigenvalue weighted by atomic mass is 16.2. The molecule has 0 unspecified atom stereocenters. The van der Waals surface area contributed by atoms with Gasteiger partial charge >= 0.3 is 0 Å². The molecule has 4 rings (SSSR count). The van der Waals surface area contributed by atoms with E-state index in [9.17, 15) is 9.59 Å². The molecule has 0 atom stereocenters. The first kappa shape index (κ1) is 21.8. The molecule has 0 spiro atoms. The average Bonchev–Trinajstić information content (AvgIpc) is 3.10. The van der Waals surface area contributed by atoms with Crippen LogP contribution in [0.1, 0.15) is 34.3 Å². The third-order valence-corrected chi connectivity index (χ3v) is 6.12. The summed E-state index contributed by atoms with van der Waals surface area (Å²) in [7, 11) is 0. The minimum Gasteiger partial charge on any atom is -0.341 e. The summed E-state index contributed by atoms with van der Waals surface area (Å²) in [6.07, 6.45) is 2.08. The highest BCUT2D eigenvalue weighted by molar-refractivity contribution is 5.94. The van der Waals surface area contributed by atoms with Crippen LogP contribution in [0, 0.1) is 6.92 Å². The smallest absolute Gasteiger partial charge is 0.253 e. The molecule has 164 valence electrons. The highest BCUT2D eigenvalue weighted by Gasteiger charge is 2.22. The second-order valence-electron chi connectivity index (χ2n) is 8.46. The molecular weight excluding hydrogens is 396 g/mol. The first-order valence-corrected chi connectivity index (χ1v) is 11.4. The molecule has 2 amide bonds. The van der Waals surface area contributed by atoms with Gasteiger partial charge in [0.1, 0.15) is 0 Å². The maximum absolute atomic E-state index is 13.0. The van der Waals surface area contributed by atoms with Crippen LogP contribution in [-0.2, 0) is 11.2 Å². The fraction of sp³-hybridized carbons (Fsp3) is 0.286. The van der Waals surface area contributed by atoms with Crippen LogP contribution in [-0.4, -0.2) is 47.8 Å². The summed E-state index contributed by atoms with van der Waals surface area (Å²) in [6.45, 7) is 4.64. The quantitative estimate of drug-likeness (QED) is 0.578. The van der Waals surface area contributed by atoms with E-state index in [1.54, 1.807) is 0 Å². The molecule has 3 aromatic carbocycles. The van der Waals surface area contributed by atoms with E-state index in [2.05, 4.69) is 43.3 Å². The number of benzene rings is 3. The van der Waals surface area contributed by atoms with Crippen LogP contribution in [0.25, 0.3) is 11.1 Å². The molecule has 1 heterocycles. The molecular formula is C28H30N2O2. The van der Waals surface area contributed by atoms with E-state index in [-0.39, 0.29) is 11.8 Å². The SMILES string of the molecule is Cc1ccc(CCC(=O)N2CCCN(C(=O)c3ccc(-c4ccccc4)cc3)CC2)cc1. The van der Waals surface area contributed by atoms with E-state index in [1.807, 2.05) is 52.3 Å². The van der Waals surface area contributed by atoms with Gasteiger partial charge in [-0.25, -0.2) is 0 Å². The Balaban J connectivity index is 1.31. The molecule has 1 fully saturated rings. The number of nitrogens with zero attached hydrogens (tertiary/aromatic N) is 2. The topological polar surface area (TPSA) is 40.6 Å². The van der Waals surface area contributed by atoms with Crippen LogP contribution in [0.2, 0.25) is 0 Å². The summed E-state index contributed by atoms with van der Waals surface area (Å²) >= 11 is 0. The van der Waals surface area contributed by atoms with Gasteiger partial charge in [0.2, 0.25) is 5.91 Å². The predicted molar refractivity (Wildman–Crippen MR) is 128 cm³/mol. The van der Waals surface area contributed by atoms with Crippen molar-refractivity contribution < 1.29 is 9.59 Å². The van der Waals surface area contributed by atoms with Gasteiger partial charge in [0.25, 0.3) is 5.91 Å². The van der Waals surface area contributed by atoms with Crippen LogP contribution in [0.15, 0.2) is 78.9 Å². The fourth-order valence-corrected chi connectivity index (χ4v) is 4.15. The molecule has 1 aliphatic rings.